The van der Waals surface area contributed by atoms with Crippen molar-refractivity contribution in [1.82, 2.24) is 0 Å². The Morgan fingerprint density at radius 2 is 1.34 bits per heavy atom. The molecule has 0 aliphatic carbocycles. The normalized spacial score (nSPS) is 15.8. The molecule has 0 saturated carbocycles. The number of nitrogens with zero attached hydrogens (tertiary/aromatic N) is 1. The molecule has 1 aliphatic rings. The molecule has 0 radical (unpaired) electrons. The van der Waals surface area contributed by atoms with Gasteiger partial charge in [-0.05, 0) is 51.5 Å². The average molecular weight is 484 g/mol. The Hall–Kier alpha value is -2.28. The summed E-state index contributed by atoms with van der Waals surface area (Å²) in [6, 6.07) is 20.4. The summed E-state index contributed by atoms with van der Waals surface area (Å²) < 4.78 is 60.3. The van der Waals surface area contributed by atoms with Gasteiger partial charge in [0.2, 0.25) is 5.54 Å². The van der Waals surface area contributed by atoms with Crippen LogP contribution in [0.4, 0.5) is 23.2 Å². The second-order valence-electron chi connectivity index (χ2n) is 7.75. The summed E-state index contributed by atoms with van der Waals surface area (Å²) in [5.41, 5.74) is -1.47. The number of benzene rings is 3. The van der Waals surface area contributed by atoms with Crippen LogP contribution < -0.4 is 4.90 Å². The smallest absolute Gasteiger partial charge is 0.352 e. The van der Waals surface area contributed by atoms with E-state index in [0.717, 1.165) is 4.90 Å². The van der Waals surface area contributed by atoms with Gasteiger partial charge in [0.1, 0.15) is 0 Å². The largest absolute Gasteiger partial charge is 0.392 e. The minimum absolute atomic E-state index is 0.153. The predicted molar refractivity (Wildman–Crippen MR) is 118 cm³/mol. The molecule has 0 spiro atoms. The first kappa shape index (κ1) is 22.9. The molecule has 32 heavy (non-hydrogen) atoms. The number of rotatable bonds is 6. The molecule has 0 bridgehead atoms. The number of hydrogen-bond donors (Lipinski definition) is 1. The first-order valence-electron chi connectivity index (χ1n) is 9.85. The Kier molecular flexibility index (Phi) is 5.90. The second kappa shape index (κ2) is 8.25. The van der Waals surface area contributed by atoms with E-state index in [0.29, 0.717) is 16.7 Å². The first-order chi connectivity index (χ1) is 15.1. The Labute approximate surface area is 193 Å². The first-order valence-corrected chi connectivity index (χ1v) is 10.6. The van der Waals surface area contributed by atoms with E-state index in [-0.39, 0.29) is 17.9 Å². The molecule has 4 rings (SSSR count). The number of halogens is 6. The van der Waals surface area contributed by atoms with Gasteiger partial charge < -0.3 is 10.0 Å². The van der Waals surface area contributed by atoms with Gasteiger partial charge in [0.15, 0.2) is 0 Å². The van der Waals surface area contributed by atoms with Crippen LogP contribution in [0.2, 0.25) is 0 Å². The number of hydrogen-bond acceptors (Lipinski definition) is 2. The van der Waals surface area contributed by atoms with E-state index in [2.05, 4.69) is 0 Å². The fourth-order valence-corrected chi connectivity index (χ4v) is 5.04. The molecular weight excluding hydrogens is 465 g/mol. The lowest BCUT2D eigenvalue weighted by atomic mass is 9.89. The third-order valence-electron chi connectivity index (χ3n) is 5.87. The summed E-state index contributed by atoms with van der Waals surface area (Å²) in [4.78, 5) is 0.953. The van der Waals surface area contributed by atoms with E-state index in [1.165, 1.54) is 18.2 Å². The molecule has 8 heteroatoms. The van der Waals surface area contributed by atoms with Crippen molar-refractivity contribution < 1.29 is 22.7 Å². The van der Waals surface area contributed by atoms with Crippen molar-refractivity contribution in [1.29, 1.82) is 0 Å². The fourth-order valence-electron chi connectivity index (χ4n) is 4.44. The third kappa shape index (κ3) is 3.64. The Morgan fingerprint density at radius 1 is 0.844 bits per heavy atom. The van der Waals surface area contributed by atoms with Crippen LogP contribution in [0.3, 0.4) is 0 Å². The molecule has 0 unspecified atom stereocenters. The molecule has 0 aromatic heterocycles. The van der Waals surface area contributed by atoms with Crippen molar-refractivity contribution in [2.75, 3.05) is 4.90 Å². The molecule has 168 valence electrons. The lowest BCUT2D eigenvalue weighted by Crippen LogP contribution is -2.66. The molecule has 0 atom stereocenters. The van der Waals surface area contributed by atoms with E-state index in [1.54, 1.807) is 60.7 Å². The molecule has 1 aliphatic heterocycles. The van der Waals surface area contributed by atoms with Crippen molar-refractivity contribution in [3.63, 3.8) is 0 Å². The lowest BCUT2D eigenvalue weighted by Gasteiger charge is -2.48. The molecule has 2 nitrogen and oxygen atoms in total. The zero-order valence-corrected chi connectivity index (χ0v) is 18.2. The summed E-state index contributed by atoms with van der Waals surface area (Å²) in [6.07, 6.45) is -0.806. The van der Waals surface area contributed by atoms with E-state index in [4.69, 9.17) is 23.2 Å². The highest BCUT2D eigenvalue weighted by Crippen LogP contribution is 2.60. The summed E-state index contributed by atoms with van der Waals surface area (Å²) in [5.74, 6) is 0. The van der Waals surface area contributed by atoms with Gasteiger partial charge in [-0.25, -0.2) is 0 Å². The minimum Gasteiger partial charge on any atom is -0.392 e. The van der Waals surface area contributed by atoms with Gasteiger partial charge in [0.25, 0.3) is 0 Å². The van der Waals surface area contributed by atoms with Gasteiger partial charge >= 0.3 is 10.8 Å². The Bertz CT molecular complexity index is 1030. The van der Waals surface area contributed by atoms with E-state index < -0.39 is 28.8 Å². The molecule has 0 saturated heterocycles. The lowest BCUT2D eigenvalue weighted by molar-refractivity contribution is -0.103. The van der Waals surface area contributed by atoms with E-state index in [1.807, 2.05) is 0 Å². The van der Waals surface area contributed by atoms with Gasteiger partial charge in [0, 0.05) is 12.1 Å². The van der Waals surface area contributed by atoms with Crippen LogP contribution in [0.25, 0.3) is 0 Å². The van der Waals surface area contributed by atoms with Gasteiger partial charge in [-0.1, -0.05) is 72.8 Å². The van der Waals surface area contributed by atoms with Gasteiger partial charge in [0.05, 0.1) is 12.6 Å². The minimum atomic E-state index is -4.40. The van der Waals surface area contributed by atoms with Crippen LogP contribution in [0.1, 0.15) is 28.3 Å². The Morgan fingerprint density at radius 3 is 1.78 bits per heavy atom. The molecule has 0 fully saturated rings. The topological polar surface area (TPSA) is 23.5 Å². The maximum absolute atomic E-state index is 15.1. The fraction of sp³-hybridized carbons (Fsp3) is 0.250. The predicted octanol–water partition coefficient (Wildman–Crippen LogP) is 6.73. The van der Waals surface area contributed by atoms with Crippen molar-refractivity contribution in [3.8, 4) is 0 Å². The molecule has 3 aromatic rings. The van der Waals surface area contributed by atoms with Crippen LogP contribution >= 0.6 is 23.2 Å². The molecule has 3 aromatic carbocycles. The van der Waals surface area contributed by atoms with Crippen molar-refractivity contribution in [3.05, 3.63) is 101 Å². The zero-order valence-electron chi connectivity index (χ0n) is 16.7. The summed E-state index contributed by atoms with van der Waals surface area (Å²) in [6.45, 7) is -0.365. The van der Waals surface area contributed by atoms with Gasteiger partial charge in [-0.3, -0.25) is 0 Å². The standard InChI is InChI=1S/C24H19Cl2F4NO/c25-23(27,28)22(24(26,29)30)14-19-13-16(15-32)11-12-20(19)31(22)21(17-7-3-1-4-8-17)18-9-5-2-6-10-18/h1-13,21,32H,14-15H2. The number of fused-ring (bicyclic) bond motifs is 1. The number of aliphatic hydroxyl groups excluding tert-OH is 1. The quantitative estimate of drug-likeness (QED) is 0.310. The van der Waals surface area contributed by atoms with Crippen LogP contribution in [-0.2, 0) is 13.0 Å². The van der Waals surface area contributed by atoms with Gasteiger partial charge in [-0.2, -0.15) is 17.6 Å². The molecule has 0 amide bonds. The SMILES string of the molecule is OCc1ccc2c(c1)CC(C(F)(F)Cl)(C(F)(F)Cl)N2C(c1ccccc1)c1ccccc1. The molecule has 1 N–H and O–H groups in total. The highest BCUT2D eigenvalue weighted by molar-refractivity contribution is 6.27. The van der Waals surface area contributed by atoms with Crippen LogP contribution in [0, 0.1) is 0 Å². The highest BCUT2D eigenvalue weighted by atomic mass is 35.5. The summed E-state index contributed by atoms with van der Waals surface area (Å²) in [5, 5.41) is 0.679. The summed E-state index contributed by atoms with van der Waals surface area (Å²) in [7, 11) is 0. The molecule has 1 heterocycles. The second-order valence-corrected chi connectivity index (χ2v) is 8.70. The maximum atomic E-state index is 15.1. The monoisotopic (exact) mass is 483 g/mol. The van der Waals surface area contributed by atoms with Crippen LogP contribution in [0.5, 0.6) is 0 Å². The summed E-state index contributed by atoms with van der Waals surface area (Å²) >= 11 is 10.9. The zero-order chi connectivity index (χ0) is 23.1. The van der Waals surface area contributed by atoms with Crippen LogP contribution in [-0.4, -0.2) is 21.4 Å². The number of anilines is 1. The van der Waals surface area contributed by atoms with E-state index >= 15 is 17.6 Å². The van der Waals surface area contributed by atoms with Crippen molar-refractivity contribution in [2.24, 2.45) is 0 Å². The number of alkyl halides is 6. The highest BCUT2D eigenvalue weighted by Gasteiger charge is 2.74. The van der Waals surface area contributed by atoms with Gasteiger partial charge in [-0.15, -0.1) is 0 Å². The third-order valence-corrected chi connectivity index (χ3v) is 6.50. The number of aliphatic hydroxyl groups is 1. The maximum Gasteiger partial charge on any atom is 0.352 e. The Balaban J connectivity index is 2.06. The van der Waals surface area contributed by atoms with Crippen LogP contribution in [0.15, 0.2) is 78.9 Å². The van der Waals surface area contributed by atoms with Crippen molar-refractivity contribution in [2.45, 2.75) is 35.4 Å². The molecular formula is C24H19Cl2F4NO. The average Bonchev–Trinajstić information content (AvgIpc) is 3.11. The van der Waals surface area contributed by atoms with Crippen molar-refractivity contribution >= 4 is 28.9 Å². The van der Waals surface area contributed by atoms with E-state index in [9.17, 15) is 5.11 Å².